The lowest BCUT2D eigenvalue weighted by Crippen LogP contribution is -2.58. The summed E-state index contributed by atoms with van der Waals surface area (Å²) in [7, 11) is 0. The molecule has 1 saturated heterocycles. The second kappa shape index (κ2) is 10.2. The Morgan fingerprint density at radius 1 is 1.07 bits per heavy atom. The minimum atomic E-state index is -0.0413. The summed E-state index contributed by atoms with van der Waals surface area (Å²) in [6.07, 6.45) is 5.76. The monoisotopic (exact) mass is 399 g/mol. The zero-order valence-corrected chi connectivity index (χ0v) is 18.3. The topological polar surface area (TPSA) is 52.7 Å². The highest BCUT2D eigenvalue weighted by molar-refractivity contribution is 5.95. The Morgan fingerprint density at radius 3 is 2.34 bits per heavy atom. The number of hydrogen-bond donors (Lipinski definition) is 1. The number of aryl methyl sites for hydroxylation is 1. The van der Waals surface area contributed by atoms with Gasteiger partial charge in [0, 0.05) is 38.3 Å². The molecule has 0 radical (unpaired) electrons. The number of hydrogen-bond acceptors (Lipinski definition) is 3. The summed E-state index contributed by atoms with van der Waals surface area (Å²) in [6, 6.07) is 7.75. The number of benzene rings is 1. The van der Waals surface area contributed by atoms with Crippen molar-refractivity contribution >= 4 is 11.8 Å². The lowest BCUT2D eigenvalue weighted by atomic mass is 9.94. The molecule has 0 bridgehead atoms. The van der Waals surface area contributed by atoms with E-state index in [1.165, 1.54) is 12.8 Å². The SMILES string of the molecule is Cc1ccccc1C(=O)N1CCN([C@@H](C(=O)NCCC(C)C)C2CCCC2)CC1. The third-order valence-electron chi connectivity index (χ3n) is 6.51. The molecule has 0 unspecified atom stereocenters. The molecule has 2 fully saturated rings. The molecule has 1 aromatic carbocycles. The first-order valence-electron chi connectivity index (χ1n) is 11.3. The molecule has 1 heterocycles. The van der Waals surface area contributed by atoms with Crippen LogP contribution in [0.25, 0.3) is 0 Å². The molecule has 2 amide bonds. The van der Waals surface area contributed by atoms with E-state index in [0.717, 1.165) is 50.0 Å². The highest BCUT2D eigenvalue weighted by Crippen LogP contribution is 2.31. The van der Waals surface area contributed by atoms with E-state index in [2.05, 4.69) is 24.1 Å². The first kappa shape index (κ1) is 21.8. The highest BCUT2D eigenvalue weighted by Gasteiger charge is 2.37. The van der Waals surface area contributed by atoms with E-state index >= 15 is 0 Å². The zero-order valence-electron chi connectivity index (χ0n) is 18.3. The summed E-state index contributed by atoms with van der Waals surface area (Å²) in [5.74, 6) is 1.35. The molecule has 160 valence electrons. The molecule has 29 heavy (non-hydrogen) atoms. The van der Waals surface area contributed by atoms with Crippen molar-refractivity contribution in [2.45, 2.75) is 58.9 Å². The predicted octanol–water partition coefficient (Wildman–Crippen LogP) is 3.47. The van der Waals surface area contributed by atoms with Crippen molar-refractivity contribution in [2.24, 2.45) is 11.8 Å². The second-order valence-corrected chi connectivity index (χ2v) is 9.11. The summed E-state index contributed by atoms with van der Waals surface area (Å²) in [5, 5.41) is 3.19. The lowest BCUT2D eigenvalue weighted by Gasteiger charge is -2.41. The third kappa shape index (κ3) is 5.59. The minimum absolute atomic E-state index is 0.0413. The van der Waals surface area contributed by atoms with Crippen LogP contribution >= 0.6 is 0 Å². The summed E-state index contributed by atoms with van der Waals surface area (Å²) in [5.41, 5.74) is 1.81. The van der Waals surface area contributed by atoms with Gasteiger partial charge in [0.15, 0.2) is 0 Å². The fourth-order valence-electron chi connectivity index (χ4n) is 4.73. The lowest BCUT2D eigenvalue weighted by molar-refractivity contribution is -0.129. The van der Waals surface area contributed by atoms with Crippen LogP contribution in [-0.2, 0) is 4.79 Å². The molecule has 2 aliphatic rings. The first-order chi connectivity index (χ1) is 14.0. The fourth-order valence-corrected chi connectivity index (χ4v) is 4.73. The van der Waals surface area contributed by atoms with Crippen LogP contribution in [0.5, 0.6) is 0 Å². The van der Waals surface area contributed by atoms with Gasteiger partial charge in [0.1, 0.15) is 0 Å². The van der Waals surface area contributed by atoms with Crippen molar-refractivity contribution < 1.29 is 9.59 Å². The first-order valence-corrected chi connectivity index (χ1v) is 11.3. The van der Waals surface area contributed by atoms with E-state index in [9.17, 15) is 9.59 Å². The molecular formula is C24H37N3O2. The molecule has 1 aromatic rings. The van der Waals surface area contributed by atoms with Crippen LogP contribution in [0.15, 0.2) is 24.3 Å². The van der Waals surface area contributed by atoms with E-state index in [0.29, 0.717) is 24.9 Å². The molecule has 0 aromatic heterocycles. The zero-order chi connectivity index (χ0) is 20.8. The van der Waals surface area contributed by atoms with Gasteiger partial charge in [-0.1, -0.05) is 44.9 Å². The summed E-state index contributed by atoms with van der Waals surface area (Å²) < 4.78 is 0. The number of piperazine rings is 1. The molecule has 5 heteroatoms. The van der Waals surface area contributed by atoms with Crippen LogP contribution in [0.3, 0.4) is 0 Å². The van der Waals surface area contributed by atoms with E-state index in [1.54, 1.807) is 0 Å². The van der Waals surface area contributed by atoms with Crippen molar-refractivity contribution in [1.29, 1.82) is 0 Å². The van der Waals surface area contributed by atoms with Gasteiger partial charge in [-0.25, -0.2) is 0 Å². The standard InChI is InChI=1S/C24H37N3O2/c1-18(2)12-13-25-23(28)22(20-9-5-6-10-20)26-14-16-27(17-15-26)24(29)21-11-7-4-8-19(21)3/h4,7-8,11,18,20,22H,5-6,9-10,12-17H2,1-3H3,(H,25,28)/t22-/m1/s1. The van der Waals surface area contributed by atoms with Crippen molar-refractivity contribution in [1.82, 2.24) is 15.1 Å². The highest BCUT2D eigenvalue weighted by atomic mass is 16.2. The van der Waals surface area contributed by atoms with Gasteiger partial charge in [-0.3, -0.25) is 14.5 Å². The normalized spacial score (nSPS) is 19.5. The van der Waals surface area contributed by atoms with Gasteiger partial charge < -0.3 is 10.2 Å². The Balaban J connectivity index is 1.61. The Morgan fingerprint density at radius 2 is 1.72 bits per heavy atom. The maximum atomic E-state index is 13.1. The van der Waals surface area contributed by atoms with Gasteiger partial charge >= 0.3 is 0 Å². The average Bonchev–Trinajstić information content (AvgIpc) is 3.22. The number of amides is 2. The van der Waals surface area contributed by atoms with Crippen molar-refractivity contribution in [3.63, 3.8) is 0 Å². The molecule has 1 aliphatic heterocycles. The summed E-state index contributed by atoms with van der Waals surface area (Å²) in [6.45, 7) is 10.0. The van der Waals surface area contributed by atoms with Gasteiger partial charge in [-0.2, -0.15) is 0 Å². The van der Waals surface area contributed by atoms with Crippen molar-refractivity contribution in [3.8, 4) is 0 Å². The van der Waals surface area contributed by atoms with E-state index in [-0.39, 0.29) is 17.9 Å². The van der Waals surface area contributed by atoms with Gasteiger partial charge in [0.25, 0.3) is 5.91 Å². The van der Waals surface area contributed by atoms with E-state index in [1.807, 2.05) is 36.1 Å². The van der Waals surface area contributed by atoms with E-state index in [4.69, 9.17) is 0 Å². The predicted molar refractivity (Wildman–Crippen MR) is 117 cm³/mol. The Bertz CT molecular complexity index is 689. The fraction of sp³-hybridized carbons (Fsp3) is 0.667. The number of nitrogens with one attached hydrogen (secondary N) is 1. The number of nitrogens with zero attached hydrogens (tertiary/aromatic N) is 2. The summed E-state index contributed by atoms with van der Waals surface area (Å²) in [4.78, 5) is 30.3. The smallest absolute Gasteiger partial charge is 0.254 e. The Hall–Kier alpha value is -1.88. The number of rotatable bonds is 7. The molecule has 1 N–H and O–H groups in total. The summed E-state index contributed by atoms with van der Waals surface area (Å²) >= 11 is 0. The van der Waals surface area contributed by atoms with Crippen LogP contribution in [0, 0.1) is 18.8 Å². The molecule has 1 saturated carbocycles. The average molecular weight is 400 g/mol. The van der Waals surface area contributed by atoms with Crippen LogP contribution in [0.4, 0.5) is 0 Å². The van der Waals surface area contributed by atoms with Crippen molar-refractivity contribution in [3.05, 3.63) is 35.4 Å². The Kier molecular flexibility index (Phi) is 7.70. The van der Waals surface area contributed by atoms with Gasteiger partial charge in [-0.05, 0) is 49.7 Å². The number of carbonyl (C=O) groups excluding carboxylic acids is 2. The second-order valence-electron chi connectivity index (χ2n) is 9.11. The molecular weight excluding hydrogens is 362 g/mol. The van der Waals surface area contributed by atoms with Crippen LogP contribution in [-0.4, -0.2) is 60.4 Å². The molecule has 0 spiro atoms. The largest absolute Gasteiger partial charge is 0.355 e. The maximum Gasteiger partial charge on any atom is 0.254 e. The van der Waals surface area contributed by atoms with E-state index < -0.39 is 0 Å². The van der Waals surface area contributed by atoms with Crippen LogP contribution in [0.2, 0.25) is 0 Å². The molecule has 5 nitrogen and oxygen atoms in total. The van der Waals surface area contributed by atoms with Crippen LogP contribution in [0.1, 0.15) is 61.9 Å². The van der Waals surface area contributed by atoms with Crippen LogP contribution < -0.4 is 5.32 Å². The van der Waals surface area contributed by atoms with Gasteiger partial charge in [0.05, 0.1) is 6.04 Å². The molecule has 3 rings (SSSR count). The maximum absolute atomic E-state index is 13.1. The minimum Gasteiger partial charge on any atom is -0.355 e. The van der Waals surface area contributed by atoms with Crippen molar-refractivity contribution in [2.75, 3.05) is 32.7 Å². The van der Waals surface area contributed by atoms with Gasteiger partial charge in [0.2, 0.25) is 5.91 Å². The third-order valence-corrected chi connectivity index (χ3v) is 6.51. The Labute approximate surface area is 175 Å². The number of carbonyl (C=O) groups is 2. The molecule has 1 aliphatic carbocycles. The quantitative estimate of drug-likeness (QED) is 0.764. The van der Waals surface area contributed by atoms with Gasteiger partial charge in [-0.15, -0.1) is 0 Å². The molecule has 1 atom stereocenters.